The number of benzene rings is 1. The molecular weight excluding hydrogens is 408 g/mol. The molecule has 8 heteroatoms. The fourth-order valence-electron chi connectivity index (χ4n) is 4.39. The lowest BCUT2D eigenvalue weighted by Gasteiger charge is -2.37. The zero-order valence-corrected chi connectivity index (χ0v) is 18.4. The molecule has 0 aliphatic carbocycles. The molecule has 1 aromatic heterocycles. The molecule has 170 valence electrons. The molecule has 0 radical (unpaired) electrons. The lowest BCUT2D eigenvalue weighted by atomic mass is 9.98. The normalized spacial score (nSPS) is 22.2. The van der Waals surface area contributed by atoms with E-state index in [-0.39, 0.29) is 0 Å². The number of aliphatic carboxylic acids is 2. The number of nitrogens with zero attached hydrogens (tertiary/aromatic N) is 2. The van der Waals surface area contributed by atoms with Gasteiger partial charge in [0.05, 0.1) is 17.6 Å². The summed E-state index contributed by atoms with van der Waals surface area (Å²) >= 11 is 0. The number of aryl methyl sites for hydroxylation is 1. The number of anilines is 2. The molecule has 0 saturated carbocycles. The molecule has 2 bridgehead atoms. The first-order valence-corrected chi connectivity index (χ1v) is 10.7. The Balaban J connectivity index is 0.000000312. The van der Waals surface area contributed by atoms with Crippen molar-refractivity contribution in [2.24, 2.45) is 0 Å². The summed E-state index contributed by atoms with van der Waals surface area (Å²) < 4.78 is 0. The van der Waals surface area contributed by atoms with Gasteiger partial charge in [0.15, 0.2) is 0 Å². The van der Waals surface area contributed by atoms with Crippen LogP contribution < -0.4 is 11.1 Å². The van der Waals surface area contributed by atoms with Crippen LogP contribution in [-0.2, 0) is 9.59 Å². The van der Waals surface area contributed by atoms with Gasteiger partial charge in [-0.2, -0.15) is 0 Å². The largest absolute Gasteiger partial charge is 0.478 e. The molecule has 2 unspecified atom stereocenters. The van der Waals surface area contributed by atoms with Gasteiger partial charge in [-0.25, -0.2) is 9.59 Å². The van der Waals surface area contributed by atoms with Gasteiger partial charge in [-0.15, -0.1) is 0 Å². The number of nitrogens with two attached hydrogens (primary N) is 1. The fraction of sp³-hybridized carbons (Fsp3) is 0.375. The Kier molecular flexibility index (Phi) is 7.48. The third-order valence-corrected chi connectivity index (χ3v) is 6.17. The second-order valence-electron chi connectivity index (χ2n) is 8.38. The van der Waals surface area contributed by atoms with Gasteiger partial charge in [0.2, 0.25) is 0 Å². The maximum atomic E-state index is 9.55. The molecule has 2 aliphatic heterocycles. The number of nitrogens with one attached hydrogen (secondary N) is 1. The summed E-state index contributed by atoms with van der Waals surface area (Å²) in [5.74, 6) is -2.51. The van der Waals surface area contributed by atoms with Crippen LogP contribution in [0.3, 0.4) is 0 Å². The van der Waals surface area contributed by atoms with Crippen LogP contribution in [0.1, 0.15) is 31.2 Å². The van der Waals surface area contributed by atoms with Crippen LogP contribution in [0.2, 0.25) is 0 Å². The molecule has 2 atom stereocenters. The molecule has 5 N–H and O–H groups in total. The van der Waals surface area contributed by atoms with Gasteiger partial charge in [-0.1, -0.05) is 6.07 Å². The van der Waals surface area contributed by atoms with Crippen molar-refractivity contribution in [3.05, 3.63) is 54.2 Å². The Morgan fingerprint density at radius 3 is 2.22 bits per heavy atom. The summed E-state index contributed by atoms with van der Waals surface area (Å²) in [6.45, 7) is 2.03. The van der Waals surface area contributed by atoms with Crippen molar-refractivity contribution in [1.29, 1.82) is 0 Å². The summed E-state index contributed by atoms with van der Waals surface area (Å²) in [5, 5.41) is 19.3. The first-order valence-electron chi connectivity index (χ1n) is 10.7. The Hall–Kier alpha value is -3.39. The molecule has 32 heavy (non-hydrogen) atoms. The summed E-state index contributed by atoms with van der Waals surface area (Å²) in [4.78, 5) is 26.3. The van der Waals surface area contributed by atoms with Crippen molar-refractivity contribution >= 4 is 23.3 Å². The Bertz CT molecular complexity index is 960. The van der Waals surface area contributed by atoms with E-state index in [1.807, 2.05) is 25.3 Å². The first-order chi connectivity index (χ1) is 15.2. The molecule has 2 aliphatic rings. The van der Waals surface area contributed by atoms with E-state index in [9.17, 15) is 9.59 Å². The molecule has 2 saturated heterocycles. The van der Waals surface area contributed by atoms with E-state index in [0.717, 1.165) is 40.3 Å². The fourth-order valence-corrected chi connectivity index (χ4v) is 4.39. The Morgan fingerprint density at radius 2 is 1.72 bits per heavy atom. The lowest BCUT2D eigenvalue weighted by Crippen LogP contribution is -2.44. The van der Waals surface area contributed by atoms with E-state index < -0.39 is 11.9 Å². The summed E-state index contributed by atoms with van der Waals surface area (Å²) in [5.41, 5.74) is 11.1. The Morgan fingerprint density at radius 1 is 1.09 bits per heavy atom. The number of pyridine rings is 1. The molecule has 4 rings (SSSR count). The van der Waals surface area contributed by atoms with E-state index >= 15 is 0 Å². The number of nitrogen functional groups attached to an aromatic ring is 1. The van der Waals surface area contributed by atoms with Crippen LogP contribution in [0.4, 0.5) is 11.4 Å². The van der Waals surface area contributed by atoms with Gasteiger partial charge in [0, 0.05) is 41.5 Å². The van der Waals surface area contributed by atoms with Gasteiger partial charge in [-0.3, -0.25) is 4.98 Å². The molecule has 0 spiro atoms. The molecular formula is C24H30N4O4. The number of piperidine rings is 1. The van der Waals surface area contributed by atoms with Crippen molar-refractivity contribution in [1.82, 2.24) is 9.88 Å². The summed E-state index contributed by atoms with van der Waals surface area (Å²) in [7, 11) is 2.28. The van der Waals surface area contributed by atoms with E-state index in [1.54, 1.807) is 0 Å². The van der Waals surface area contributed by atoms with Crippen LogP contribution >= 0.6 is 0 Å². The average Bonchev–Trinajstić information content (AvgIpc) is 2.96. The molecule has 2 aromatic rings. The molecule has 8 nitrogen and oxygen atoms in total. The maximum Gasteiger partial charge on any atom is 0.328 e. The molecule has 2 fully saturated rings. The number of rotatable bonds is 5. The zero-order valence-electron chi connectivity index (χ0n) is 18.4. The van der Waals surface area contributed by atoms with Gasteiger partial charge in [0.25, 0.3) is 0 Å². The summed E-state index contributed by atoms with van der Waals surface area (Å²) in [6, 6.07) is 12.4. The minimum atomic E-state index is -1.26. The van der Waals surface area contributed by atoms with Crippen LogP contribution in [0.25, 0.3) is 11.3 Å². The average molecular weight is 439 g/mol. The van der Waals surface area contributed by atoms with Gasteiger partial charge in [0.1, 0.15) is 0 Å². The molecule has 3 heterocycles. The van der Waals surface area contributed by atoms with Crippen LogP contribution in [0.5, 0.6) is 0 Å². The first kappa shape index (κ1) is 23.3. The molecule has 1 aromatic carbocycles. The predicted molar refractivity (Wildman–Crippen MR) is 124 cm³/mol. The zero-order chi connectivity index (χ0) is 23.3. The van der Waals surface area contributed by atoms with Crippen molar-refractivity contribution in [2.45, 2.75) is 50.7 Å². The lowest BCUT2D eigenvalue weighted by molar-refractivity contribution is -0.134. The predicted octanol–water partition coefficient (Wildman–Crippen LogP) is 3.39. The van der Waals surface area contributed by atoms with Gasteiger partial charge >= 0.3 is 11.9 Å². The second kappa shape index (κ2) is 10.3. The number of carbonyl (C=O) groups is 2. The monoisotopic (exact) mass is 438 g/mol. The number of hydrogen-bond donors (Lipinski definition) is 4. The van der Waals surface area contributed by atoms with Crippen LogP contribution in [0.15, 0.2) is 48.7 Å². The minimum Gasteiger partial charge on any atom is -0.478 e. The molecule has 0 amide bonds. The van der Waals surface area contributed by atoms with E-state index in [0.29, 0.717) is 18.2 Å². The highest BCUT2D eigenvalue weighted by Crippen LogP contribution is 2.35. The van der Waals surface area contributed by atoms with E-state index in [2.05, 4.69) is 40.4 Å². The van der Waals surface area contributed by atoms with Crippen molar-refractivity contribution in [2.75, 3.05) is 18.1 Å². The third kappa shape index (κ3) is 6.07. The van der Waals surface area contributed by atoms with E-state index in [4.69, 9.17) is 15.9 Å². The van der Waals surface area contributed by atoms with Crippen LogP contribution in [0, 0.1) is 6.92 Å². The highest BCUT2D eigenvalue weighted by atomic mass is 16.4. The standard InChI is InChI=1S/C20H26N4.C4H4O4/c1-13-9-14(3-7-19(13)21)20-8-4-15(12-22-20)23-16-10-17-5-6-18(11-16)24(17)2;5-3(6)1-2-4(7)8/h3-4,7-9,12,16-18,23H,5-6,10-11,21H2,1-2H3;1-2H,(H,5,6)(H,7,8)/b;2-1+. The number of carboxylic acid groups (broad SMARTS) is 2. The third-order valence-electron chi connectivity index (χ3n) is 6.17. The topological polar surface area (TPSA) is 129 Å². The van der Waals surface area contributed by atoms with Crippen LogP contribution in [-0.4, -0.2) is 57.2 Å². The van der Waals surface area contributed by atoms with Crippen molar-refractivity contribution < 1.29 is 19.8 Å². The Labute approximate surface area is 187 Å². The van der Waals surface area contributed by atoms with Crippen molar-refractivity contribution in [3.8, 4) is 11.3 Å². The maximum absolute atomic E-state index is 9.55. The number of fused-ring (bicyclic) bond motifs is 2. The highest BCUT2D eigenvalue weighted by molar-refractivity contribution is 5.89. The number of aromatic nitrogens is 1. The smallest absolute Gasteiger partial charge is 0.328 e. The van der Waals surface area contributed by atoms with Gasteiger partial charge in [-0.05, 0) is 69.5 Å². The van der Waals surface area contributed by atoms with E-state index in [1.165, 1.54) is 25.7 Å². The number of hydrogen-bond acceptors (Lipinski definition) is 6. The highest BCUT2D eigenvalue weighted by Gasteiger charge is 2.38. The minimum absolute atomic E-state index is 0.558. The second-order valence-corrected chi connectivity index (χ2v) is 8.38. The summed E-state index contributed by atoms with van der Waals surface area (Å²) in [6.07, 6.45) is 8.27. The number of carboxylic acids is 2. The quantitative estimate of drug-likeness (QED) is 0.413. The van der Waals surface area contributed by atoms with Gasteiger partial charge < -0.3 is 26.2 Å². The van der Waals surface area contributed by atoms with Crippen molar-refractivity contribution in [3.63, 3.8) is 0 Å². The SMILES string of the molecule is Cc1cc(-c2ccc(NC3CC4CCC(C3)N4C)cn2)ccc1N.O=C(O)/C=C/C(=O)O.